The Morgan fingerprint density at radius 3 is 2.84 bits per heavy atom. The van der Waals surface area contributed by atoms with Crippen LogP contribution < -0.4 is 22.1 Å². The summed E-state index contributed by atoms with van der Waals surface area (Å²) >= 11 is 5.06. The van der Waals surface area contributed by atoms with Gasteiger partial charge in [0.05, 0.1) is 24.6 Å². The predicted octanol–water partition coefficient (Wildman–Crippen LogP) is 5.26. The van der Waals surface area contributed by atoms with Gasteiger partial charge >= 0.3 is 6.03 Å². The second-order valence-corrected chi connectivity index (χ2v) is 9.32. The van der Waals surface area contributed by atoms with Crippen LogP contribution in [-0.2, 0) is 18.0 Å². The number of rotatable bonds is 9. The van der Waals surface area contributed by atoms with Crippen molar-refractivity contribution in [3.63, 3.8) is 0 Å². The van der Waals surface area contributed by atoms with Crippen molar-refractivity contribution in [1.29, 1.82) is 0 Å². The molecule has 170 valence electrons. The Bertz CT molecular complexity index is 1040. The highest BCUT2D eigenvalue weighted by atomic mass is 79.9. The highest BCUT2D eigenvalue weighted by Gasteiger charge is 2.28. The fourth-order valence-electron chi connectivity index (χ4n) is 3.23. The van der Waals surface area contributed by atoms with Crippen molar-refractivity contribution in [3.8, 4) is 0 Å². The van der Waals surface area contributed by atoms with E-state index < -0.39 is 6.03 Å². The molecule has 1 heterocycles. The molecule has 1 aliphatic rings. The van der Waals surface area contributed by atoms with Crippen molar-refractivity contribution in [2.24, 2.45) is 11.7 Å². The predicted molar refractivity (Wildman–Crippen MR) is 134 cm³/mol. The smallest absolute Gasteiger partial charge is 0.350 e. The zero-order valence-electron chi connectivity index (χ0n) is 18.2. The van der Waals surface area contributed by atoms with Crippen molar-refractivity contribution in [2.45, 2.75) is 45.8 Å². The minimum absolute atomic E-state index is 0.330. The fraction of sp³-hybridized carbons (Fsp3) is 0.304. The number of nitrogens with two attached hydrogens (primary N) is 2. The first-order valence-corrected chi connectivity index (χ1v) is 12.0. The summed E-state index contributed by atoms with van der Waals surface area (Å²) in [5.41, 5.74) is 6.74. The molecule has 5 N–H and O–H groups in total. The second kappa shape index (κ2) is 11.5. The highest BCUT2D eigenvalue weighted by molar-refractivity contribution is 9.11. The van der Waals surface area contributed by atoms with Gasteiger partial charge in [-0.05, 0) is 55.9 Å². The summed E-state index contributed by atoms with van der Waals surface area (Å²) in [6, 6.07) is 5.19. The molecule has 2 amide bonds. The number of ether oxygens (including phenoxy) is 1. The molecule has 1 aromatic heterocycles. The number of amides is 2. The quantitative estimate of drug-likeness (QED) is 0.182. The van der Waals surface area contributed by atoms with E-state index in [1.54, 1.807) is 17.4 Å². The Balaban J connectivity index is 1.69. The Labute approximate surface area is 200 Å². The van der Waals surface area contributed by atoms with Crippen LogP contribution in [0.15, 0.2) is 52.4 Å². The number of hydrogen-bond donors (Lipinski definition) is 3. The molecule has 7 nitrogen and oxygen atoms in total. The lowest BCUT2D eigenvalue weighted by Crippen LogP contribution is -2.48. The van der Waals surface area contributed by atoms with Crippen LogP contribution in [0.4, 0.5) is 10.5 Å². The number of carbonyl (C=O) groups excluding carboxylic acids is 1. The van der Waals surface area contributed by atoms with Crippen molar-refractivity contribution in [2.75, 3.05) is 5.01 Å². The number of halogens is 1. The third-order valence-electron chi connectivity index (χ3n) is 5.05. The fourth-order valence-corrected chi connectivity index (χ4v) is 4.42. The molecule has 1 saturated carbocycles. The summed E-state index contributed by atoms with van der Waals surface area (Å²) in [6.07, 6.45) is 10.2. The number of benzene rings is 1. The number of anilines is 1. The monoisotopic (exact) mass is 517 g/mol. The summed E-state index contributed by atoms with van der Waals surface area (Å²) in [5.74, 6) is 11.7. The van der Waals surface area contributed by atoms with Gasteiger partial charge in [0.1, 0.15) is 5.01 Å². The van der Waals surface area contributed by atoms with E-state index in [0.717, 1.165) is 44.2 Å². The molecule has 0 radical (unpaired) electrons. The zero-order valence-corrected chi connectivity index (χ0v) is 20.6. The maximum absolute atomic E-state index is 12.0. The average Bonchev–Trinajstić information content (AvgIpc) is 3.54. The third-order valence-corrected chi connectivity index (χ3v) is 6.40. The van der Waals surface area contributed by atoms with E-state index in [2.05, 4.69) is 32.4 Å². The number of aromatic nitrogens is 1. The summed E-state index contributed by atoms with van der Waals surface area (Å²) in [5, 5.41) is 3.94. The number of nitrogens with one attached hydrogen (secondary N) is 1. The van der Waals surface area contributed by atoms with Gasteiger partial charge in [-0.2, -0.15) is 0 Å². The van der Waals surface area contributed by atoms with Crippen molar-refractivity contribution < 1.29 is 9.53 Å². The van der Waals surface area contributed by atoms with E-state index in [0.29, 0.717) is 24.8 Å². The molecular formula is C23H28BrN5O2S. The average molecular weight is 518 g/mol. The van der Waals surface area contributed by atoms with E-state index in [1.165, 1.54) is 5.56 Å². The molecule has 0 saturated heterocycles. The molecule has 0 bridgehead atoms. The number of urea groups is 1. The van der Waals surface area contributed by atoms with Crippen molar-refractivity contribution in [1.82, 2.24) is 10.4 Å². The molecule has 0 unspecified atom stereocenters. The minimum Gasteiger partial charge on any atom is -0.370 e. The van der Waals surface area contributed by atoms with Gasteiger partial charge in [0, 0.05) is 15.4 Å². The first-order valence-electron chi connectivity index (χ1n) is 10.3. The highest BCUT2D eigenvalue weighted by Crippen LogP contribution is 2.43. The van der Waals surface area contributed by atoms with Crippen LogP contribution in [0.1, 0.15) is 54.4 Å². The van der Waals surface area contributed by atoms with Gasteiger partial charge in [-0.1, -0.05) is 46.3 Å². The molecule has 0 aliphatic heterocycles. The first kappa shape index (κ1) is 24.3. The number of allylic oxidation sites excluding steroid dienone is 6. The standard InChI is InChI=1S/C23H28BrN5O2S/c1-3-5-17(24)11-8-15(2)20-14-32-22(27-20)13-31-12-19-18(16-9-10-16)6-4-7-21(19)29(26)23(30)28-25/h3-8,11,14,16H,9-10,12-13,25-26H2,1-2H3,(H,28,30)/b5-3-,15-8+,17-11+. The van der Waals surface area contributed by atoms with E-state index in [4.69, 9.17) is 16.4 Å². The van der Waals surface area contributed by atoms with Gasteiger partial charge in [-0.25, -0.2) is 26.5 Å². The first-order chi connectivity index (χ1) is 15.4. The van der Waals surface area contributed by atoms with Crippen LogP contribution in [0.3, 0.4) is 0 Å². The minimum atomic E-state index is -0.582. The number of thiazole rings is 1. The van der Waals surface area contributed by atoms with Crippen molar-refractivity contribution in [3.05, 3.63) is 74.2 Å². The molecule has 0 atom stereocenters. The molecule has 1 fully saturated rings. The molecule has 1 aliphatic carbocycles. The van der Waals surface area contributed by atoms with Crippen LogP contribution in [0, 0.1) is 0 Å². The van der Waals surface area contributed by atoms with Gasteiger partial charge in [-0.3, -0.25) is 5.43 Å². The lowest BCUT2D eigenvalue weighted by molar-refractivity contribution is 0.106. The summed E-state index contributed by atoms with van der Waals surface area (Å²) < 4.78 is 7.01. The van der Waals surface area contributed by atoms with Gasteiger partial charge in [0.15, 0.2) is 0 Å². The lowest BCUT2D eigenvalue weighted by atomic mass is 10.0. The van der Waals surface area contributed by atoms with Crippen LogP contribution in [0.5, 0.6) is 0 Å². The molecule has 1 aromatic carbocycles. The SMILES string of the molecule is C\C=C/C(Br)=C\C=C(/C)c1csc(COCc2c(C3CC3)cccc2N(N)C(=O)NN)n1. The lowest BCUT2D eigenvalue weighted by Gasteiger charge is -2.21. The molecule has 3 rings (SSSR count). The summed E-state index contributed by atoms with van der Waals surface area (Å²) in [4.78, 5) is 16.6. The molecule has 32 heavy (non-hydrogen) atoms. The van der Waals surface area contributed by atoms with Gasteiger partial charge in [-0.15, -0.1) is 11.3 Å². The Kier molecular flexibility index (Phi) is 8.77. The number of hydrazine groups is 2. The Morgan fingerprint density at radius 2 is 2.16 bits per heavy atom. The van der Waals surface area contributed by atoms with Crippen LogP contribution in [0.2, 0.25) is 0 Å². The van der Waals surface area contributed by atoms with Gasteiger partial charge in [0.25, 0.3) is 0 Å². The second-order valence-electron chi connectivity index (χ2n) is 7.46. The maximum atomic E-state index is 12.0. The number of carbonyl (C=O) groups is 1. The molecule has 9 heteroatoms. The summed E-state index contributed by atoms with van der Waals surface area (Å²) in [6.45, 7) is 4.71. The molecular weight excluding hydrogens is 490 g/mol. The van der Waals surface area contributed by atoms with Crippen molar-refractivity contribution >= 4 is 44.6 Å². The topological polar surface area (TPSA) is 106 Å². The largest absolute Gasteiger partial charge is 0.370 e. The van der Waals surface area contributed by atoms with E-state index in [-0.39, 0.29) is 0 Å². The number of nitrogens with zero attached hydrogens (tertiary/aromatic N) is 2. The van der Waals surface area contributed by atoms with E-state index >= 15 is 0 Å². The van der Waals surface area contributed by atoms with Gasteiger partial charge < -0.3 is 4.74 Å². The zero-order chi connectivity index (χ0) is 23.1. The Morgan fingerprint density at radius 1 is 1.38 bits per heavy atom. The Hall–Kier alpha value is -2.30. The summed E-state index contributed by atoms with van der Waals surface area (Å²) in [7, 11) is 0. The normalized spacial score (nSPS) is 14.8. The van der Waals surface area contributed by atoms with E-state index in [1.807, 2.05) is 49.6 Å². The van der Waals surface area contributed by atoms with Crippen LogP contribution >= 0.6 is 27.3 Å². The maximum Gasteiger partial charge on any atom is 0.350 e. The molecule has 0 spiro atoms. The molecule has 2 aromatic rings. The van der Waals surface area contributed by atoms with Crippen LogP contribution in [0.25, 0.3) is 5.57 Å². The van der Waals surface area contributed by atoms with E-state index in [9.17, 15) is 4.79 Å². The van der Waals surface area contributed by atoms with Gasteiger partial charge in [0.2, 0.25) is 0 Å². The third kappa shape index (κ3) is 6.36. The number of hydrogen-bond acceptors (Lipinski definition) is 6. The van der Waals surface area contributed by atoms with Crippen LogP contribution in [-0.4, -0.2) is 11.0 Å².